The van der Waals surface area contributed by atoms with E-state index < -0.39 is 15.8 Å². The van der Waals surface area contributed by atoms with Crippen LogP contribution in [-0.2, 0) is 10.0 Å². The normalized spacial score (nSPS) is 11.2. The van der Waals surface area contributed by atoms with Gasteiger partial charge in [-0.1, -0.05) is 11.6 Å². The molecule has 0 atom stereocenters. The van der Waals surface area contributed by atoms with Gasteiger partial charge in [0.25, 0.3) is 10.0 Å². The van der Waals surface area contributed by atoms with Gasteiger partial charge < -0.3 is 4.74 Å². The Morgan fingerprint density at radius 1 is 1.38 bits per heavy atom. The van der Waals surface area contributed by atoms with Crippen LogP contribution in [0.25, 0.3) is 0 Å². The number of anilines is 1. The number of halogens is 3. The minimum atomic E-state index is -3.99. The van der Waals surface area contributed by atoms with Crippen LogP contribution in [0.3, 0.4) is 0 Å². The molecule has 2 rings (SSSR count). The van der Waals surface area contributed by atoms with Gasteiger partial charge in [0.2, 0.25) is 0 Å². The van der Waals surface area contributed by atoms with Crippen LogP contribution in [-0.4, -0.2) is 20.5 Å². The molecule has 21 heavy (non-hydrogen) atoms. The first kappa shape index (κ1) is 16.0. The standard InChI is InChI=1S/C12H9BrClFN2O3S/c1-20-10-5-8(15)2-3-9(10)17-21(18,19)11-4-7(13)6-16-12(11)14/h2-6,17H,1H3. The monoisotopic (exact) mass is 394 g/mol. The van der Waals surface area contributed by atoms with E-state index in [0.717, 1.165) is 12.1 Å². The lowest BCUT2D eigenvalue weighted by Crippen LogP contribution is -2.14. The van der Waals surface area contributed by atoms with Gasteiger partial charge in [-0.15, -0.1) is 0 Å². The fourth-order valence-electron chi connectivity index (χ4n) is 1.54. The van der Waals surface area contributed by atoms with Gasteiger partial charge >= 0.3 is 0 Å². The van der Waals surface area contributed by atoms with E-state index in [4.69, 9.17) is 16.3 Å². The number of benzene rings is 1. The maximum Gasteiger partial charge on any atom is 0.265 e. The summed E-state index contributed by atoms with van der Waals surface area (Å²) in [5.41, 5.74) is 0.0925. The first-order chi connectivity index (χ1) is 9.83. The molecule has 1 heterocycles. The molecule has 0 bridgehead atoms. The van der Waals surface area contributed by atoms with Gasteiger partial charge in [0.1, 0.15) is 21.6 Å². The van der Waals surface area contributed by atoms with Crippen molar-refractivity contribution in [2.75, 3.05) is 11.8 Å². The molecule has 112 valence electrons. The number of nitrogens with zero attached hydrogens (tertiary/aromatic N) is 1. The number of nitrogens with one attached hydrogen (secondary N) is 1. The molecular formula is C12H9BrClFN2O3S. The largest absolute Gasteiger partial charge is 0.494 e. The Hall–Kier alpha value is -1.38. The zero-order valence-corrected chi connectivity index (χ0v) is 13.8. The second-order valence-electron chi connectivity index (χ2n) is 3.89. The van der Waals surface area contributed by atoms with Gasteiger partial charge in [0.15, 0.2) is 0 Å². The highest BCUT2D eigenvalue weighted by molar-refractivity contribution is 9.10. The molecule has 1 aromatic carbocycles. The van der Waals surface area contributed by atoms with Crippen LogP contribution in [0.2, 0.25) is 5.15 Å². The summed E-state index contributed by atoms with van der Waals surface area (Å²) in [7, 11) is -2.68. The number of hydrogen-bond donors (Lipinski definition) is 1. The lowest BCUT2D eigenvalue weighted by Gasteiger charge is -2.12. The van der Waals surface area contributed by atoms with Crippen molar-refractivity contribution in [1.82, 2.24) is 4.98 Å². The molecule has 0 fully saturated rings. The summed E-state index contributed by atoms with van der Waals surface area (Å²) in [5.74, 6) is -0.491. The molecule has 9 heteroatoms. The van der Waals surface area contributed by atoms with Crippen LogP contribution < -0.4 is 9.46 Å². The average molecular weight is 396 g/mol. The fraction of sp³-hybridized carbons (Fsp3) is 0.0833. The Labute approximate surface area is 134 Å². The Bertz CT molecular complexity index is 786. The first-order valence-electron chi connectivity index (χ1n) is 5.51. The Balaban J connectivity index is 2.45. The van der Waals surface area contributed by atoms with E-state index in [0.29, 0.717) is 4.47 Å². The molecule has 0 saturated heterocycles. The topological polar surface area (TPSA) is 68.3 Å². The van der Waals surface area contributed by atoms with Crippen molar-refractivity contribution in [3.8, 4) is 5.75 Å². The summed E-state index contributed by atoms with van der Waals surface area (Å²) in [6, 6.07) is 4.75. The van der Waals surface area contributed by atoms with Crippen LogP contribution >= 0.6 is 27.5 Å². The lowest BCUT2D eigenvalue weighted by atomic mass is 10.3. The minimum Gasteiger partial charge on any atom is -0.494 e. The van der Waals surface area contributed by atoms with E-state index in [9.17, 15) is 12.8 Å². The number of methoxy groups -OCH3 is 1. The molecule has 0 aliphatic rings. The van der Waals surface area contributed by atoms with Crippen molar-refractivity contribution < 1.29 is 17.5 Å². The van der Waals surface area contributed by atoms with Gasteiger partial charge in [-0.3, -0.25) is 4.72 Å². The van der Waals surface area contributed by atoms with E-state index in [1.54, 1.807) is 0 Å². The smallest absolute Gasteiger partial charge is 0.265 e. The number of rotatable bonds is 4. The maximum atomic E-state index is 13.1. The molecule has 0 spiro atoms. The molecule has 2 aromatic rings. The van der Waals surface area contributed by atoms with Gasteiger partial charge in [-0.05, 0) is 34.1 Å². The third-order valence-corrected chi connectivity index (χ3v) is 4.70. The van der Waals surface area contributed by atoms with Gasteiger partial charge in [0, 0.05) is 16.7 Å². The van der Waals surface area contributed by atoms with Crippen LogP contribution in [0.15, 0.2) is 39.8 Å². The number of sulfonamides is 1. The lowest BCUT2D eigenvalue weighted by molar-refractivity contribution is 0.413. The van der Waals surface area contributed by atoms with E-state index in [1.165, 1.54) is 25.4 Å². The molecule has 1 aromatic heterocycles. The van der Waals surface area contributed by atoms with Gasteiger partial charge in [0.05, 0.1) is 12.8 Å². The van der Waals surface area contributed by atoms with Crippen molar-refractivity contribution in [2.24, 2.45) is 0 Å². The van der Waals surface area contributed by atoms with Crippen LogP contribution in [0, 0.1) is 5.82 Å². The molecule has 0 aliphatic carbocycles. The predicted molar refractivity (Wildman–Crippen MR) is 80.7 cm³/mol. The zero-order chi connectivity index (χ0) is 15.6. The quantitative estimate of drug-likeness (QED) is 0.805. The Morgan fingerprint density at radius 3 is 2.76 bits per heavy atom. The van der Waals surface area contributed by atoms with Crippen LogP contribution in [0.4, 0.5) is 10.1 Å². The summed E-state index contributed by atoms with van der Waals surface area (Å²) in [5, 5.41) is -0.174. The molecule has 0 amide bonds. The summed E-state index contributed by atoms with van der Waals surface area (Å²) in [6.07, 6.45) is 1.37. The summed E-state index contributed by atoms with van der Waals surface area (Å²) in [4.78, 5) is 3.55. The molecule has 0 saturated carbocycles. The summed E-state index contributed by atoms with van der Waals surface area (Å²) in [6.45, 7) is 0. The highest BCUT2D eigenvalue weighted by Gasteiger charge is 2.21. The van der Waals surface area contributed by atoms with Crippen molar-refractivity contribution in [1.29, 1.82) is 0 Å². The second-order valence-corrected chi connectivity index (χ2v) is 6.82. The van der Waals surface area contributed by atoms with E-state index >= 15 is 0 Å². The number of ether oxygens (including phenoxy) is 1. The van der Waals surface area contributed by atoms with Crippen molar-refractivity contribution in [2.45, 2.75) is 4.90 Å². The molecular weight excluding hydrogens is 387 g/mol. The van der Waals surface area contributed by atoms with Gasteiger partial charge in [-0.2, -0.15) is 0 Å². The van der Waals surface area contributed by atoms with Crippen molar-refractivity contribution >= 4 is 43.2 Å². The number of hydrogen-bond acceptors (Lipinski definition) is 4. The average Bonchev–Trinajstić information content (AvgIpc) is 2.43. The molecule has 0 aliphatic heterocycles. The fourth-order valence-corrected chi connectivity index (χ4v) is 3.56. The van der Waals surface area contributed by atoms with Gasteiger partial charge in [-0.25, -0.2) is 17.8 Å². The highest BCUT2D eigenvalue weighted by atomic mass is 79.9. The van der Waals surface area contributed by atoms with Crippen LogP contribution in [0.5, 0.6) is 5.75 Å². The molecule has 0 unspecified atom stereocenters. The maximum absolute atomic E-state index is 13.1. The zero-order valence-electron chi connectivity index (χ0n) is 10.6. The van der Waals surface area contributed by atoms with Crippen molar-refractivity contribution in [3.63, 3.8) is 0 Å². The number of pyridine rings is 1. The number of aromatic nitrogens is 1. The SMILES string of the molecule is COc1cc(F)ccc1NS(=O)(=O)c1cc(Br)cnc1Cl. The molecule has 5 nitrogen and oxygen atoms in total. The summed E-state index contributed by atoms with van der Waals surface area (Å²) < 4.78 is 45.4. The Kier molecular flexibility index (Phi) is 4.70. The van der Waals surface area contributed by atoms with E-state index in [-0.39, 0.29) is 21.5 Å². The minimum absolute atomic E-state index is 0.0534. The first-order valence-corrected chi connectivity index (χ1v) is 8.16. The Morgan fingerprint density at radius 2 is 2.10 bits per heavy atom. The van der Waals surface area contributed by atoms with E-state index in [2.05, 4.69) is 25.6 Å². The van der Waals surface area contributed by atoms with Crippen LogP contribution in [0.1, 0.15) is 0 Å². The third-order valence-electron chi connectivity index (χ3n) is 2.47. The predicted octanol–water partition coefficient (Wildman–Crippen LogP) is 3.45. The second kappa shape index (κ2) is 6.17. The van der Waals surface area contributed by atoms with Crippen molar-refractivity contribution in [3.05, 3.63) is 45.9 Å². The summed E-state index contributed by atoms with van der Waals surface area (Å²) >= 11 is 8.93. The van der Waals surface area contributed by atoms with E-state index in [1.807, 2.05) is 0 Å². The molecule has 0 radical (unpaired) electrons. The highest BCUT2D eigenvalue weighted by Crippen LogP contribution is 2.30. The third kappa shape index (κ3) is 3.63. The molecule has 1 N–H and O–H groups in total.